The van der Waals surface area contributed by atoms with Gasteiger partial charge >= 0.3 is 0 Å². The molecule has 0 saturated heterocycles. The summed E-state index contributed by atoms with van der Waals surface area (Å²) in [6, 6.07) is 49.9. The maximum Gasteiger partial charge on any atom is -0.0156 e. The molecule has 0 aromatic heterocycles. The fourth-order valence-electron chi connectivity index (χ4n) is 7.45. The molecule has 7 rings (SSSR count). The van der Waals surface area contributed by atoms with Gasteiger partial charge in [-0.25, -0.2) is 0 Å². The van der Waals surface area contributed by atoms with E-state index >= 15 is 0 Å². The minimum absolute atomic E-state index is 0.657. The Balaban J connectivity index is 1.03. The molecule has 0 aliphatic heterocycles. The standard InChI is InChI=1S/C40H38/c1-3-10-29(11-4-1)31-14-7-16-33(24-31)37-20-22-39(27-37)35-18-9-19-36(26-35)40-23-21-38(28-40)34-17-8-15-32(25-34)30-12-5-2-6-13-30/h1-19,24-26,37-40H,20-23,27-28H2. The first-order valence-corrected chi connectivity index (χ1v) is 15.2. The predicted molar refractivity (Wildman–Crippen MR) is 169 cm³/mol. The van der Waals surface area contributed by atoms with Gasteiger partial charge in [0.1, 0.15) is 0 Å². The summed E-state index contributed by atoms with van der Waals surface area (Å²) >= 11 is 0. The van der Waals surface area contributed by atoms with Gasteiger partial charge in [-0.05, 0) is 107 Å². The van der Waals surface area contributed by atoms with E-state index in [9.17, 15) is 0 Å². The van der Waals surface area contributed by atoms with Gasteiger partial charge in [-0.3, -0.25) is 0 Å². The molecule has 0 radical (unpaired) electrons. The minimum atomic E-state index is 0.657. The molecule has 2 aliphatic carbocycles. The first kappa shape index (κ1) is 25.1. The van der Waals surface area contributed by atoms with Crippen LogP contribution in [-0.2, 0) is 0 Å². The molecular formula is C40H38. The molecule has 198 valence electrons. The highest BCUT2D eigenvalue weighted by Gasteiger charge is 2.30. The molecule has 0 heterocycles. The maximum absolute atomic E-state index is 2.57. The van der Waals surface area contributed by atoms with Gasteiger partial charge in [0.2, 0.25) is 0 Å². The van der Waals surface area contributed by atoms with Crippen molar-refractivity contribution in [2.45, 2.75) is 62.2 Å². The molecular weight excluding hydrogens is 480 g/mol. The van der Waals surface area contributed by atoms with Gasteiger partial charge in [0.15, 0.2) is 0 Å². The molecule has 0 bridgehead atoms. The van der Waals surface area contributed by atoms with E-state index in [1.165, 1.54) is 71.9 Å². The van der Waals surface area contributed by atoms with Crippen molar-refractivity contribution in [2.75, 3.05) is 0 Å². The molecule has 5 aromatic carbocycles. The average Bonchev–Trinajstić information content (AvgIpc) is 3.74. The predicted octanol–water partition coefficient (Wildman–Crippen LogP) is 11.1. The molecule has 2 saturated carbocycles. The van der Waals surface area contributed by atoms with E-state index in [1.54, 1.807) is 11.1 Å². The molecule has 0 spiro atoms. The highest BCUT2D eigenvalue weighted by molar-refractivity contribution is 5.65. The summed E-state index contributed by atoms with van der Waals surface area (Å²) in [7, 11) is 0. The van der Waals surface area contributed by atoms with Crippen molar-refractivity contribution in [2.24, 2.45) is 0 Å². The number of hydrogen-bond acceptors (Lipinski definition) is 0. The zero-order valence-electron chi connectivity index (χ0n) is 23.3. The second kappa shape index (κ2) is 11.3. The Kier molecular flexibility index (Phi) is 7.09. The van der Waals surface area contributed by atoms with Gasteiger partial charge < -0.3 is 0 Å². The lowest BCUT2D eigenvalue weighted by molar-refractivity contribution is 0.671. The molecule has 0 amide bonds. The Labute approximate surface area is 239 Å². The molecule has 2 fully saturated rings. The Morgan fingerprint density at radius 3 is 1.02 bits per heavy atom. The van der Waals surface area contributed by atoms with Crippen LogP contribution in [0.3, 0.4) is 0 Å². The van der Waals surface area contributed by atoms with Crippen LogP contribution in [0, 0.1) is 0 Å². The average molecular weight is 519 g/mol. The van der Waals surface area contributed by atoms with Gasteiger partial charge in [0, 0.05) is 0 Å². The third-order valence-electron chi connectivity index (χ3n) is 9.65. The first-order chi connectivity index (χ1) is 19.8. The van der Waals surface area contributed by atoms with Gasteiger partial charge in [0.25, 0.3) is 0 Å². The van der Waals surface area contributed by atoms with Crippen LogP contribution >= 0.6 is 0 Å². The lowest BCUT2D eigenvalue weighted by atomic mass is 9.88. The van der Waals surface area contributed by atoms with Crippen molar-refractivity contribution in [3.8, 4) is 22.3 Å². The molecule has 0 heteroatoms. The van der Waals surface area contributed by atoms with Crippen LogP contribution in [0.25, 0.3) is 22.3 Å². The second-order valence-corrected chi connectivity index (χ2v) is 12.1. The van der Waals surface area contributed by atoms with E-state index in [0.717, 1.165) is 0 Å². The van der Waals surface area contributed by atoms with Crippen LogP contribution in [0.15, 0.2) is 133 Å². The number of hydrogen-bond donors (Lipinski definition) is 0. The molecule has 0 nitrogen and oxygen atoms in total. The van der Waals surface area contributed by atoms with Crippen LogP contribution in [0.4, 0.5) is 0 Å². The van der Waals surface area contributed by atoms with Gasteiger partial charge in [-0.1, -0.05) is 133 Å². The molecule has 2 aliphatic rings. The van der Waals surface area contributed by atoms with E-state index in [-0.39, 0.29) is 0 Å². The quantitative estimate of drug-likeness (QED) is 0.210. The zero-order chi connectivity index (χ0) is 26.7. The summed E-state index contributed by atoms with van der Waals surface area (Å²) in [5.74, 6) is 2.66. The van der Waals surface area contributed by atoms with Gasteiger partial charge in [-0.2, -0.15) is 0 Å². The van der Waals surface area contributed by atoms with E-state index in [4.69, 9.17) is 0 Å². The highest BCUT2D eigenvalue weighted by atomic mass is 14.3. The van der Waals surface area contributed by atoms with Crippen LogP contribution in [0.5, 0.6) is 0 Å². The Morgan fingerprint density at radius 2 is 0.625 bits per heavy atom. The molecule has 5 aromatic rings. The molecule has 4 unspecified atom stereocenters. The number of benzene rings is 5. The lowest BCUT2D eigenvalue weighted by Gasteiger charge is -2.17. The molecule has 0 N–H and O–H groups in total. The molecule has 4 atom stereocenters. The normalized spacial score (nSPS) is 22.4. The van der Waals surface area contributed by atoms with Crippen LogP contribution in [-0.4, -0.2) is 0 Å². The van der Waals surface area contributed by atoms with Crippen LogP contribution in [0.2, 0.25) is 0 Å². The SMILES string of the molecule is c1ccc(-c2cccc(C3CCC(c4cccc(C5CCC(c6cccc(-c7ccccc7)c6)C5)c4)C3)c2)cc1. The number of rotatable bonds is 6. The minimum Gasteiger partial charge on any atom is -0.0622 e. The fourth-order valence-corrected chi connectivity index (χ4v) is 7.45. The van der Waals surface area contributed by atoms with Crippen LogP contribution in [0.1, 0.15) is 84.5 Å². The van der Waals surface area contributed by atoms with E-state index in [1.807, 2.05) is 0 Å². The zero-order valence-corrected chi connectivity index (χ0v) is 23.3. The summed E-state index contributed by atoms with van der Waals surface area (Å²) in [6.07, 6.45) is 7.70. The van der Waals surface area contributed by atoms with Crippen molar-refractivity contribution in [1.82, 2.24) is 0 Å². The summed E-state index contributed by atoms with van der Waals surface area (Å²) < 4.78 is 0. The largest absolute Gasteiger partial charge is 0.0622 e. The van der Waals surface area contributed by atoms with Crippen molar-refractivity contribution in [3.63, 3.8) is 0 Å². The Hall–Kier alpha value is -3.90. The van der Waals surface area contributed by atoms with Gasteiger partial charge in [0.05, 0.1) is 0 Å². The first-order valence-electron chi connectivity index (χ1n) is 15.2. The van der Waals surface area contributed by atoms with Crippen molar-refractivity contribution in [3.05, 3.63) is 156 Å². The van der Waals surface area contributed by atoms with E-state index in [0.29, 0.717) is 23.7 Å². The lowest BCUT2D eigenvalue weighted by Crippen LogP contribution is -2.00. The summed E-state index contributed by atoms with van der Waals surface area (Å²) in [6.45, 7) is 0. The maximum atomic E-state index is 2.57. The van der Waals surface area contributed by atoms with Crippen molar-refractivity contribution >= 4 is 0 Å². The Morgan fingerprint density at radius 1 is 0.300 bits per heavy atom. The highest BCUT2D eigenvalue weighted by Crippen LogP contribution is 2.47. The summed E-state index contributed by atoms with van der Waals surface area (Å²) in [5, 5.41) is 0. The molecule has 40 heavy (non-hydrogen) atoms. The summed E-state index contributed by atoms with van der Waals surface area (Å²) in [4.78, 5) is 0. The summed E-state index contributed by atoms with van der Waals surface area (Å²) in [5.41, 5.74) is 11.5. The monoisotopic (exact) mass is 518 g/mol. The third kappa shape index (κ3) is 5.28. The second-order valence-electron chi connectivity index (χ2n) is 12.1. The smallest absolute Gasteiger partial charge is 0.0156 e. The van der Waals surface area contributed by atoms with Crippen LogP contribution < -0.4 is 0 Å². The third-order valence-corrected chi connectivity index (χ3v) is 9.65. The van der Waals surface area contributed by atoms with Crippen molar-refractivity contribution in [1.29, 1.82) is 0 Å². The van der Waals surface area contributed by atoms with Crippen molar-refractivity contribution < 1.29 is 0 Å². The fraction of sp³-hybridized carbons (Fsp3) is 0.250. The Bertz CT molecular complexity index is 1450. The topological polar surface area (TPSA) is 0 Å². The van der Waals surface area contributed by atoms with Gasteiger partial charge in [-0.15, -0.1) is 0 Å². The van der Waals surface area contributed by atoms with E-state index in [2.05, 4.69) is 133 Å². The van der Waals surface area contributed by atoms with E-state index < -0.39 is 0 Å².